The predicted molar refractivity (Wildman–Crippen MR) is 65.1 cm³/mol. The SMILES string of the molecule is COc1cccc2c1NC(=O)[C@@H](N)C(Cl)S2. The number of carbonyl (C=O) groups excluding carboxylic acids is 1. The van der Waals surface area contributed by atoms with Gasteiger partial charge >= 0.3 is 0 Å². The van der Waals surface area contributed by atoms with E-state index in [0.29, 0.717) is 11.4 Å². The topological polar surface area (TPSA) is 64.3 Å². The molecule has 0 aromatic heterocycles. The first kappa shape index (κ1) is 11.6. The summed E-state index contributed by atoms with van der Waals surface area (Å²) >= 11 is 7.38. The van der Waals surface area contributed by atoms with Crippen molar-refractivity contribution >= 4 is 35.0 Å². The fourth-order valence-electron chi connectivity index (χ4n) is 1.42. The number of alkyl halides is 1. The number of carbonyl (C=O) groups is 1. The zero-order chi connectivity index (χ0) is 11.7. The van der Waals surface area contributed by atoms with E-state index in [9.17, 15) is 4.79 Å². The normalized spacial score (nSPS) is 24.3. The smallest absolute Gasteiger partial charge is 0.243 e. The molecule has 1 aliphatic rings. The average molecular weight is 259 g/mol. The van der Waals surface area contributed by atoms with Crippen LogP contribution in [0.1, 0.15) is 0 Å². The molecule has 2 atom stereocenters. The van der Waals surface area contributed by atoms with E-state index >= 15 is 0 Å². The lowest BCUT2D eigenvalue weighted by molar-refractivity contribution is -0.117. The van der Waals surface area contributed by atoms with Crippen molar-refractivity contribution in [2.45, 2.75) is 15.6 Å². The Balaban J connectivity index is 2.46. The summed E-state index contributed by atoms with van der Waals surface area (Å²) in [7, 11) is 1.55. The van der Waals surface area contributed by atoms with Crippen LogP contribution in [0.5, 0.6) is 5.75 Å². The van der Waals surface area contributed by atoms with Crippen molar-refractivity contribution in [1.82, 2.24) is 0 Å². The summed E-state index contributed by atoms with van der Waals surface area (Å²) in [6.07, 6.45) is 0. The minimum absolute atomic E-state index is 0.296. The van der Waals surface area contributed by atoms with Gasteiger partial charge in [-0.25, -0.2) is 0 Å². The van der Waals surface area contributed by atoms with Gasteiger partial charge in [0.15, 0.2) is 0 Å². The Morgan fingerprint density at radius 3 is 3.00 bits per heavy atom. The van der Waals surface area contributed by atoms with Gasteiger partial charge in [-0.3, -0.25) is 4.79 Å². The van der Waals surface area contributed by atoms with E-state index < -0.39 is 10.8 Å². The van der Waals surface area contributed by atoms with Gasteiger partial charge < -0.3 is 15.8 Å². The minimum Gasteiger partial charge on any atom is -0.495 e. The standard InChI is InChI=1S/C10H11ClN2O2S/c1-15-5-3-2-4-6-8(5)13-10(14)7(12)9(11)16-6/h2-4,7,9H,12H2,1H3,(H,13,14)/t7-,9?/m0/s1. The van der Waals surface area contributed by atoms with Crippen LogP contribution in [-0.4, -0.2) is 23.8 Å². The largest absolute Gasteiger partial charge is 0.495 e. The Morgan fingerprint density at radius 1 is 1.56 bits per heavy atom. The monoisotopic (exact) mass is 258 g/mol. The lowest BCUT2D eigenvalue weighted by Gasteiger charge is -2.11. The second kappa shape index (κ2) is 4.53. The van der Waals surface area contributed by atoms with Crippen LogP contribution in [0.3, 0.4) is 0 Å². The first-order chi connectivity index (χ1) is 7.63. The lowest BCUT2D eigenvalue weighted by Crippen LogP contribution is -2.40. The zero-order valence-corrected chi connectivity index (χ0v) is 10.1. The molecule has 0 radical (unpaired) electrons. The fraction of sp³-hybridized carbons (Fsp3) is 0.300. The summed E-state index contributed by atoms with van der Waals surface area (Å²) in [6.45, 7) is 0. The van der Waals surface area contributed by atoms with Crippen LogP contribution >= 0.6 is 23.4 Å². The predicted octanol–water partition coefficient (Wildman–Crippen LogP) is 1.63. The molecular weight excluding hydrogens is 248 g/mol. The molecule has 1 unspecified atom stereocenters. The Hall–Kier alpha value is -0.910. The summed E-state index contributed by atoms with van der Waals surface area (Å²) in [5.74, 6) is 0.312. The van der Waals surface area contributed by atoms with Crippen molar-refractivity contribution in [3.8, 4) is 5.75 Å². The number of methoxy groups -OCH3 is 1. The number of amides is 1. The third-order valence-electron chi connectivity index (χ3n) is 2.28. The van der Waals surface area contributed by atoms with E-state index in [2.05, 4.69) is 5.32 Å². The van der Waals surface area contributed by atoms with Gasteiger partial charge in [0.2, 0.25) is 5.91 Å². The first-order valence-electron chi connectivity index (χ1n) is 4.67. The number of hydrogen-bond donors (Lipinski definition) is 2. The van der Waals surface area contributed by atoms with Crippen molar-refractivity contribution in [3.05, 3.63) is 18.2 Å². The van der Waals surface area contributed by atoms with Gasteiger partial charge in [-0.1, -0.05) is 6.07 Å². The van der Waals surface area contributed by atoms with E-state index in [4.69, 9.17) is 22.1 Å². The molecule has 2 rings (SSSR count). The van der Waals surface area contributed by atoms with E-state index in [1.165, 1.54) is 11.8 Å². The number of anilines is 1. The van der Waals surface area contributed by atoms with Gasteiger partial charge in [-0.05, 0) is 12.1 Å². The molecule has 0 bridgehead atoms. The van der Waals surface area contributed by atoms with Crippen LogP contribution in [0.15, 0.2) is 23.1 Å². The summed E-state index contributed by atoms with van der Waals surface area (Å²) in [5, 5.41) is 2.73. The number of fused-ring (bicyclic) bond motifs is 1. The minimum atomic E-state index is -0.733. The van der Waals surface area contributed by atoms with E-state index in [-0.39, 0.29) is 5.91 Å². The first-order valence-corrected chi connectivity index (χ1v) is 5.99. The summed E-state index contributed by atoms with van der Waals surface area (Å²) < 4.78 is 4.70. The van der Waals surface area contributed by atoms with Gasteiger partial charge in [0.05, 0.1) is 12.8 Å². The highest BCUT2D eigenvalue weighted by molar-refractivity contribution is 8.01. The van der Waals surface area contributed by atoms with Gasteiger partial charge in [-0.15, -0.1) is 23.4 Å². The highest BCUT2D eigenvalue weighted by Gasteiger charge is 2.30. The number of hydrogen-bond acceptors (Lipinski definition) is 4. The maximum absolute atomic E-state index is 11.7. The van der Waals surface area contributed by atoms with Gasteiger partial charge in [0.25, 0.3) is 0 Å². The lowest BCUT2D eigenvalue weighted by atomic mass is 10.2. The molecule has 1 aromatic carbocycles. The molecule has 3 N–H and O–H groups in total. The number of nitrogens with one attached hydrogen (secondary N) is 1. The van der Waals surface area contributed by atoms with Crippen LogP contribution in [0.25, 0.3) is 0 Å². The number of ether oxygens (including phenoxy) is 1. The van der Waals surface area contributed by atoms with Crippen molar-refractivity contribution in [1.29, 1.82) is 0 Å². The molecule has 0 fully saturated rings. The van der Waals surface area contributed by atoms with Crippen molar-refractivity contribution < 1.29 is 9.53 Å². The number of nitrogens with two attached hydrogens (primary N) is 1. The average Bonchev–Trinajstić information content (AvgIpc) is 2.39. The molecule has 0 aliphatic carbocycles. The highest BCUT2D eigenvalue weighted by atomic mass is 35.5. The van der Waals surface area contributed by atoms with Crippen LogP contribution < -0.4 is 15.8 Å². The number of halogens is 1. The maximum Gasteiger partial charge on any atom is 0.243 e. The number of rotatable bonds is 1. The number of para-hydroxylation sites is 1. The Kier molecular flexibility index (Phi) is 3.28. The van der Waals surface area contributed by atoms with Crippen LogP contribution in [0.4, 0.5) is 5.69 Å². The zero-order valence-electron chi connectivity index (χ0n) is 8.57. The van der Waals surface area contributed by atoms with Crippen molar-refractivity contribution in [3.63, 3.8) is 0 Å². The number of thioether (sulfide) groups is 1. The molecule has 0 saturated heterocycles. The highest BCUT2D eigenvalue weighted by Crippen LogP contribution is 2.41. The third-order valence-corrected chi connectivity index (χ3v) is 3.93. The van der Waals surface area contributed by atoms with Crippen LogP contribution in [0, 0.1) is 0 Å². The molecule has 1 aromatic rings. The van der Waals surface area contributed by atoms with E-state index in [1.807, 2.05) is 12.1 Å². The Morgan fingerprint density at radius 2 is 2.31 bits per heavy atom. The quantitative estimate of drug-likeness (QED) is 0.752. The van der Waals surface area contributed by atoms with Crippen LogP contribution in [-0.2, 0) is 4.79 Å². The molecule has 1 amide bonds. The molecule has 16 heavy (non-hydrogen) atoms. The molecule has 0 saturated carbocycles. The van der Waals surface area contributed by atoms with Crippen LogP contribution in [0.2, 0.25) is 0 Å². The van der Waals surface area contributed by atoms with Gasteiger partial charge in [0.1, 0.15) is 16.5 Å². The van der Waals surface area contributed by atoms with E-state index in [0.717, 1.165) is 4.90 Å². The van der Waals surface area contributed by atoms with Crippen molar-refractivity contribution in [2.24, 2.45) is 5.73 Å². The molecule has 4 nitrogen and oxygen atoms in total. The molecule has 1 heterocycles. The molecule has 86 valence electrons. The van der Waals surface area contributed by atoms with Crippen molar-refractivity contribution in [2.75, 3.05) is 12.4 Å². The summed E-state index contributed by atoms with van der Waals surface area (Å²) in [5.41, 5.74) is 6.32. The summed E-state index contributed by atoms with van der Waals surface area (Å²) in [6, 6.07) is 4.76. The Bertz CT molecular complexity index is 427. The second-order valence-corrected chi connectivity index (χ2v) is 5.23. The number of benzene rings is 1. The summed E-state index contributed by atoms with van der Waals surface area (Å²) in [4.78, 5) is 12.5. The second-order valence-electron chi connectivity index (χ2n) is 3.32. The van der Waals surface area contributed by atoms with E-state index in [1.54, 1.807) is 13.2 Å². The van der Waals surface area contributed by atoms with Gasteiger partial charge in [0, 0.05) is 4.90 Å². The molecule has 0 spiro atoms. The third kappa shape index (κ3) is 1.98. The fourth-order valence-corrected chi connectivity index (χ4v) is 2.76. The van der Waals surface area contributed by atoms with Gasteiger partial charge in [-0.2, -0.15) is 0 Å². The molecule has 1 aliphatic heterocycles. The molecular formula is C10H11ClN2O2S. The molecule has 6 heteroatoms. The Labute approximate surface area is 102 Å². The maximum atomic E-state index is 11.7.